The third kappa shape index (κ3) is 5.09. The molecule has 27 heavy (non-hydrogen) atoms. The van der Waals surface area contributed by atoms with Gasteiger partial charge in [-0.2, -0.15) is 0 Å². The number of likely N-dealkylation sites (tertiary alicyclic amines) is 1. The molecule has 1 amide bonds. The van der Waals surface area contributed by atoms with Crippen molar-refractivity contribution in [3.63, 3.8) is 0 Å². The quantitative estimate of drug-likeness (QED) is 0.811. The second-order valence-corrected chi connectivity index (χ2v) is 7.48. The predicted molar refractivity (Wildman–Crippen MR) is 103 cm³/mol. The van der Waals surface area contributed by atoms with E-state index in [4.69, 9.17) is 9.84 Å². The van der Waals surface area contributed by atoms with Crippen molar-refractivity contribution in [1.82, 2.24) is 4.90 Å². The Hall–Kier alpha value is -2.82. The zero-order valence-electron chi connectivity index (χ0n) is 15.6. The van der Waals surface area contributed by atoms with Gasteiger partial charge in [0.1, 0.15) is 5.75 Å². The molecule has 3 rings (SSSR count). The zero-order chi connectivity index (χ0) is 19.3. The molecule has 1 aliphatic rings. The highest BCUT2D eigenvalue weighted by atomic mass is 16.5. The lowest BCUT2D eigenvalue weighted by Crippen LogP contribution is -2.31. The highest BCUT2D eigenvalue weighted by Gasteiger charge is 2.35. The normalized spacial score (nSPS) is 19.1. The van der Waals surface area contributed by atoms with Gasteiger partial charge in [0.05, 0.1) is 0 Å². The first kappa shape index (κ1) is 19.0. The van der Waals surface area contributed by atoms with Gasteiger partial charge in [0.25, 0.3) is 5.91 Å². The fourth-order valence-corrected chi connectivity index (χ4v) is 3.54. The van der Waals surface area contributed by atoms with Crippen LogP contribution in [0.3, 0.4) is 0 Å². The summed E-state index contributed by atoms with van der Waals surface area (Å²) < 4.78 is 5.18. The van der Waals surface area contributed by atoms with Crippen molar-refractivity contribution in [2.75, 3.05) is 19.7 Å². The standard InChI is InChI=1S/C22H25NO4/c1-22(11-10-17-6-3-2-4-7-17)12-13-23(16-22)21(26)18-8-5-9-19(14-18)27-15-20(24)25/h2-9,14H,10-13,15-16H2,1H3,(H,24,25). The van der Waals surface area contributed by atoms with E-state index in [-0.39, 0.29) is 11.3 Å². The van der Waals surface area contributed by atoms with Crippen LogP contribution in [0.1, 0.15) is 35.7 Å². The highest BCUT2D eigenvalue weighted by Crippen LogP contribution is 2.35. The van der Waals surface area contributed by atoms with Crippen LogP contribution in [0.25, 0.3) is 0 Å². The van der Waals surface area contributed by atoms with Crippen LogP contribution in [0.5, 0.6) is 5.75 Å². The number of hydrogen-bond acceptors (Lipinski definition) is 3. The van der Waals surface area contributed by atoms with Gasteiger partial charge in [-0.25, -0.2) is 4.79 Å². The molecule has 142 valence electrons. The lowest BCUT2D eigenvalue weighted by molar-refractivity contribution is -0.139. The van der Waals surface area contributed by atoms with Gasteiger partial charge < -0.3 is 14.7 Å². The van der Waals surface area contributed by atoms with Crippen LogP contribution in [0.2, 0.25) is 0 Å². The molecular formula is C22H25NO4. The van der Waals surface area contributed by atoms with E-state index in [2.05, 4.69) is 31.2 Å². The van der Waals surface area contributed by atoms with E-state index in [1.807, 2.05) is 11.0 Å². The number of aryl methyl sites for hydroxylation is 1. The average Bonchev–Trinajstić information content (AvgIpc) is 3.08. The fraction of sp³-hybridized carbons (Fsp3) is 0.364. The van der Waals surface area contributed by atoms with Crippen molar-refractivity contribution >= 4 is 11.9 Å². The third-order valence-electron chi connectivity index (χ3n) is 5.15. The van der Waals surface area contributed by atoms with Crippen LogP contribution in [-0.2, 0) is 11.2 Å². The van der Waals surface area contributed by atoms with E-state index in [0.29, 0.717) is 11.3 Å². The van der Waals surface area contributed by atoms with Crippen molar-refractivity contribution in [2.24, 2.45) is 5.41 Å². The number of carboxylic acids is 1. The van der Waals surface area contributed by atoms with Crippen molar-refractivity contribution < 1.29 is 19.4 Å². The minimum Gasteiger partial charge on any atom is -0.482 e. The monoisotopic (exact) mass is 367 g/mol. The Morgan fingerprint density at radius 2 is 1.93 bits per heavy atom. The molecule has 0 saturated carbocycles. The Morgan fingerprint density at radius 1 is 1.15 bits per heavy atom. The molecule has 1 atom stereocenters. The number of carbonyl (C=O) groups excluding carboxylic acids is 1. The molecular weight excluding hydrogens is 342 g/mol. The summed E-state index contributed by atoms with van der Waals surface area (Å²) in [6, 6.07) is 17.2. The highest BCUT2D eigenvalue weighted by molar-refractivity contribution is 5.94. The van der Waals surface area contributed by atoms with Crippen molar-refractivity contribution in [2.45, 2.75) is 26.2 Å². The minimum atomic E-state index is -1.04. The van der Waals surface area contributed by atoms with Crippen LogP contribution < -0.4 is 4.74 Å². The molecule has 0 radical (unpaired) electrons. The topological polar surface area (TPSA) is 66.8 Å². The van der Waals surface area contributed by atoms with E-state index in [1.54, 1.807) is 24.3 Å². The number of aliphatic carboxylic acids is 1. The summed E-state index contributed by atoms with van der Waals surface area (Å²) >= 11 is 0. The van der Waals surface area contributed by atoms with Crippen LogP contribution in [0, 0.1) is 5.41 Å². The molecule has 1 fully saturated rings. The Bertz CT molecular complexity index is 805. The molecule has 0 aliphatic carbocycles. The Labute approximate surface area is 159 Å². The predicted octanol–water partition coefficient (Wildman–Crippen LogP) is 3.64. The van der Waals surface area contributed by atoms with E-state index in [9.17, 15) is 9.59 Å². The van der Waals surface area contributed by atoms with E-state index in [0.717, 1.165) is 32.4 Å². The van der Waals surface area contributed by atoms with Gasteiger partial charge >= 0.3 is 5.97 Å². The Balaban J connectivity index is 1.60. The van der Waals surface area contributed by atoms with Gasteiger partial charge in [-0.3, -0.25) is 4.79 Å². The third-order valence-corrected chi connectivity index (χ3v) is 5.15. The van der Waals surface area contributed by atoms with Gasteiger partial charge in [0.15, 0.2) is 6.61 Å². The minimum absolute atomic E-state index is 0.0285. The van der Waals surface area contributed by atoms with Gasteiger partial charge in [-0.15, -0.1) is 0 Å². The van der Waals surface area contributed by atoms with E-state index >= 15 is 0 Å². The van der Waals surface area contributed by atoms with Gasteiger partial charge in [-0.1, -0.05) is 43.3 Å². The number of carbonyl (C=O) groups is 2. The number of rotatable bonds is 7. The number of benzene rings is 2. The molecule has 1 aliphatic heterocycles. The number of hydrogen-bond donors (Lipinski definition) is 1. The van der Waals surface area contributed by atoms with Crippen molar-refractivity contribution in [3.05, 3.63) is 65.7 Å². The summed E-state index contributed by atoms with van der Waals surface area (Å²) in [7, 11) is 0. The molecule has 2 aromatic rings. The second kappa shape index (κ2) is 8.25. The van der Waals surface area contributed by atoms with Crippen LogP contribution in [-0.4, -0.2) is 41.6 Å². The zero-order valence-corrected chi connectivity index (χ0v) is 15.6. The second-order valence-electron chi connectivity index (χ2n) is 7.48. The molecule has 0 bridgehead atoms. The molecule has 2 aromatic carbocycles. The Morgan fingerprint density at radius 3 is 2.67 bits per heavy atom. The van der Waals surface area contributed by atoms with Crippen LogP contribution >= 0.6 is 0 Å². The van der Waals surface area contributed by atoms with Crippen LogP contribution in [0.4, 0.5) is 0 Å². The number of nitrogens with zero attached hydrogens (tertiary/aromatic N) is 1. The SMILES string of the molecule is CC1(CCc2ccccc2)CCN(C(=O)c2cccc(OCC(=O)O)c2)C1. The van der Waals surface area contributed by atoms with Crippen LogP contribution in [0.15, 0.2) is 54.6 Å². The number of ether oxygens (including phenoxy) is 1. The molecule has 0 spiro atoms. The van der Waals surface area contributed by atoms with E-state index in [1.165, 1.54) is 5.56 Å². The van der Waals surface area contributed by atoms with Gasteiger partial charge in [-0.05, 0) is 48.4 Å². The van der Waals surface area contributed by atoms with Gasteiger partial charge in [0.2, 0.25) is 0 Å². The lowest BCUT2D eigenvalue weighted by atomic mass is 9.83. The van der Waals surface area contributed by atoms with Gasteiger partial charge in [0, 0.05) is 18.7 Å². The molecule has 5 nitrogen and oxygen atoms in total. The summed E-state index contributed by atoms with van der Waals surface area (Å²) in [6.07, 6.45) is 3.04. The van der Waals surface area contributed by atoms with E-state index < -0.39 is 12.6 Å². The first-order valence-corrected chi connectivity index (χ1v) is 9.23. The largest absolute Gasteiger partial charge is 0.482 e. The molecule has 1 unspecified atom stereocenters. The summed E-state index contributed by atoms with van der Waals surface area (Å²) in [5.41, 5.74) is 1.97. The molecule has 5 heteroatoms. The van der Waals surface area contributed by atoms with Crippen molar-refractivity contribution in [1.29, 1.82) is 0 Å². The molecule has 1 N–H and O–H groups in total. The summed E-state index contributed by atoms with van der Waals surface area (Å²) in [6.45, 7) is 3.30. The number of amides is 1. The molecule has 1 saturated heterocycles. The smallest absolute Gasteiger partial charge is 0.341 e. The van der Waals surface area contributed by atoms with Crippen molar-refractivity contribution in [3.8, 4) is 5.75 Å². The average molecular weight is 367 g/mol. The maximum Gasteiger partial charge on any atom is 0.341 e. The summed E-state index contributed by atoms with van der Waals surface area (Å²) in [4.78, 5) is 25.4. The summed E-state index contributed by atoms with van der Waals surface area (Å²) in [5.74, 6) is -0.672. The Kier molecular flexibility index (Phi) is 5.79. The fourth-order valence-electron chi connectivity index (χ4n) is 3.54. The summed E-state index contributed by atoms with van der Waals surface area (Å²) in [5, 5.41) is 8.72. The maximum absolute atomic E-state index is 12.9. The lowest BCUT2D eigenvalue weighted by Gasteiger charge is -2.25. The molecule has 0 aromatic heterocycles. The number of carboxylic acid groups (broad SMARTS) is 1. The first-order chi connectivity index (χ1) is 13.0. The maximum atomic E-state index is 12.9. The first-order valence-electron chi connectivity index (χ1n) is 9.23. The molecule has 1 heterocycles.